The zero-order valence-corrected chi connectivity index (χ0v) is 15.1. The summed E-state index contributed by atoms with van der Waals surface area (Å²) in [5.74, 6) is 0.881. The number of hydrogen-bond donors (Lipinski definition) is 0. The van der Waals surface area contributed by atoms with Crippen molar-refractivity contribution >= 4 is 5.97 Å². The highest BCUT2D eigenvalue weighted by Gasteiger charge is 2.34. The van der Waals surface area contributed by atoms with Crippen LogP contribution in [0.2, 0.25) is 0 Å². The Labute approximate surface area is 154 Å². The number of esters is 1. The maximum atomic E-state index is 12.6. The van der Waals surface area contributed by atoms with E-state index in [1.807, 2.05) is 31.2 Å². The van der Waals surface area contributed by atoms with E-state index in [2.05, 4.69) is 28.9 Å². The molecule has 0 N–H and O–H groups in total. The number of aryl methyl sites for hydroxylation is 1. The fraction of sp³-hybridized carbons (Fsp3) is 0.409. The first-order valence-corrected chi connectivity index (χ1v) is 9.41. The molecule has 0 spiro atoms. The highest BCUT2D eigenvalue weighted by atomic mass is 16.5. The molecule has 1 saturated carbocycles. The lowest BCUT2D eigenvalue weighted by molar-refractivity contribution is 0.00116. The molecule has 1 aliphatic heterocycles. The molecule has 1 aliphatic carbocycles. The third-order valence-electron chi connectivity index (χ3n) is 5.78. The van der Waals surface area contributed by atoms with Gasteiger partial charge < -0.3 is 4.74 Å². The topological polar surface area (TPSA) is 52.1 Å². The van der Waals surface area contributed by atoms with Crippen molar-refractivity contribution in [1.82, 2.24) is 10.2 Å². The van der Waals surface area contributed by atoms with E-state index in [-0.39, 0.29) is 12.1 Å². The van der Waals surface area contributed by atoms with Gasteiger partial charge in [-0.15, -0.1) is 6.58 Å². The maximum absolute atomic E-state index is 12.6. The van der Waals surface area contributed by atoms with Gasteiger partial charge in [0.1, 0.15) is 6.10 Å². The molecular weight excluding hydrogens is 324 g/mol. The second kappa shape index (κ2) is 7.02. The molecular formula is C22H24N2O2. The average molecular weight is 348 g/mol. The quantitative estimate of drug-likeness (QED) is 0.604. The number of nitrogens with zero attached hydrogens (tertiary/aromatic N) is 2. The number of rotatable bonds is 3. The van der Waals surface area contributed by atoms with Crippen molar-refractivity contribution in [3.05, 3.63) is 59.8 Å². The summed E-state index contributed by atoms with van der Waals surface area (Å²) in [6.07, 6.45) is 7.41. The van der Waals surface area contributed by atoms with E-state index in [1.165, 1.54) is 0 Å². The van der Waals surface area contributed by atoms with Crippen LogP contribution < -0.4 is 0 Å². The summed E-state index contributed by atoms with van der Waals surface area (Å²) in [5, 5.41) is 8.32. The Morgan fingerprint density at radius 1 is 1.12 bits per heavy atom. The molecule has 1 atom stereocenters. The standard InChI is InChI=1S/C22H24N2O2/c1-3-15-5-7-16(8-6-15)21-13-17-9-10-18(12-19(17)22(25)26-21)20-11-4-14(2)23-24-20/h3-4,9-12,15-16,21H,1,5-8,13H2,2H3. The molecule has 2 aliphatic rings. The number of carbonyl (C=O) groups excluding carboxylic acids is 1. The molecule has 4 rings (SSSR count). The number of allylic oxidation sites excluding steroid dienone is 1. The van der Waals surface area contributed by atoms with Crippen molar-refractivity contribution in [3.63, 3.8) is 0 Å². The third-order valence-corrected chi connectivity index (χ3v) is 5.78. The van der Waals surface area contributed by atoms with Gasteiger partial charge in [-0.25, -0.2) is 4.79 Å². The van der Waals surface area contributed by atoms with Gasteiger partial charge in [0.15, 0.2) is 0 Å². The van der Waals surface area contributed by atoms with Crippen molar-refractivity contribution in [3.8, 4) is 11.3 Å². The van der Waals surface area contributed by atoms with Gasteiger partial charge in [0.05, 0.1) is 17.0 Å². The molecule has 1 fully saturated rings. The predicted molar refractivity (Wildman–Crippen MR) is 101 cm³/mol. The normalized spacial score (nSPS) is 25.3. The van der Waals surface area contributed by atoms with Gasteiger partial charge in [-0.3, -0.25) is 0 Å². The number of benzene rings is 1. The molecule has 26 heavy (non-hydrogen) atoms. The van der Waals surface area contributed by atoms with Crippen molar-refractivity contribution < 1.29 is 9.53 Å². The van der Waals surface area contributed by atoms with Crippen molar-refractivity contribution in [2.24, 2.45) is 11.8 Å². The summed E-state index contributed by atoms with van der Waals surface area (Å²) in [5.41, 5.74) is 4.30. The number of carbonyl (C=O) groups is 1. The van der Waals surface area contributed by atoms with E-state index in [0.717, 1.165) is 54.6 Å². The van der Waals surface area contributed by atoms with E-state index in [9.17, 15) is 4.79 Å². The van der Waals surface area contributed by atoms with Gasteiger partial charge in [0.2, 0.25) is 0 Å². The summed E-state index contributed by atoms with van der Waals surface area (Å²) >= 11 is 0. The van der Waals surface area contributed by atoms with E-state index >= 15 is 0 Å². The number of cyclic esters (lactones) is 1. The zero-order valence-electron chi connectivity index (χ0n) is 15.1. The van der Waals surface area contributed by atoms with Crippen LogP contribution in [0.4, 0.5) is 0 Å². The minimum Gasteiger partial charge on any atom is -0.458 e. The number of fused-ring (bicyclic) bond motifs is 1. The van der Waals surface area contributed by atoms with Crippen LogP contribution in [-0.4, -0.2) is 22.3 Å². The van der Waals surface area contributed by atoms with Crippen molar-refractivity contribution in [1.29, 1.82) is 0 Å². The number of ether oxygens (including phenoxy) is 1. The molecule has 0 radical (unpaired) electrons. The average Bonchev–Trinajstić information content (AvgIpc) is 2.68. The molecule has 1 unspecified atom stereocenters. The molecule has 2 aromatic rings. The second-order valence-electron chi connectivity index (χ2n) is 7.49. The molecule has 0 amide bonds. The zero-order chi connectivity index (χ0) is 18.1. The molecule has 4 nitrogen and oxygen atoms in total. The van der Waals surface area contributed by atoms with Crippen LogP contribution in [0.3, 0.4) is 0 Å². The molecule has 0 bridgehead atoms. The Balaban J connectivity index is 1.53. The summed E-state index contributed by atoms with van der Waals surface area (Å²) in [7, 11) is 0. The Bertz CT molecular complexity index is 821. The van der Waals surface area contributed by atoms with Gasteiger partial charge in [-0.1, -0.05) is 18.2 Å². The van der Waals surface area contributed by atoms with Gasteiger partial charge in [-0.05, 0) is 68.2 Å². The Kier molecular flexibility index (Phi) is 4.58. The lowest BCUT2D eigenvalue weighted by Gasteiger charge is -2.35. The predicted octanol–water partition coefficient (Wildman–Crippen LogP) is 4.53. The molecule has 1 aromatic heterocycles. The van der Waals surface area contributed by atoms with E-state index in [4.69, 9.17) is 4.74 Å². The Morgan fingerprint density at radius 2 is 1.92 bits per heavy atom. The first-order chi connectivity index (χ1) is 12.6. The fourth-order valence-corrected chi connectivity index (χ4v) is 4.13. The van der Waals surface area contributed by atoms with Crippen LogP contribution in [0, 0.1) is 18.8 Å². The molecule has 134 valence electrons. The van der Waals surface area contributed by atoms with E-state index in [1.54, 1.807) is 0 Å². The van der Waals surface area contributed by atoms with Gasteiger partial charge in [0, 0.05) is 12.0 Å². The Hall–Kier alpha value is -2.49. The largest absolute Gasteiger partial charge is 0.458 e. The first-order valence-electron chi connectivity index (χ1n) is 9.41. The van der Waals surface area contributed by atoms with Crippen LogP contribution >= 0.6 is 0 Å². The lowest BCUT2D eigenvalue weighted by atomic mass is 9.77. The van der Waals surface area contributed by atoms with Crippen LogP contribution in [0.15, 0.2) is 43.0 Å². The smallest absolute Gasteiger partial charge is 0.338 e. The summed E-state index contributed by atoms with van der Waals surface area (Å²) in [6, 6.07) is 9.83. The monoisotopic (exact) mass is 348 g/mol. The van der Waals surface area contributed by atoms with Crippen LogP contribution in [0.1, 0.15) is 47.3 Å². The maximum Gasteiger partial charge on any atom is 0.338 e. The minimum atomic E-state index is -0.205. The number of aromatic nitrogens is 2. The SMILES string of the molecule is C=CC1CCC(C2Cc3ccc(-c4ccc(C)nn4)cc3C(=O)O2)CC1. The molecule has 4 heteroatoms. The minimum absolute atomic E-state index is 0.00535. The molecule has 1 aromatic carbocycles. The number of hydrogen-bond acceptors (Lipinski definition) is 4. The van der Waals surface area contributed by atoms with Crippen molar-refractivity contribution in [2.45, 2.75) is 45.1 Å². The van der Waals surface area contributed by atoms with Gasteiger partial charge >= 0.3 is 5.97 Å². The summed E-state index contributed by atoms with van der Waals surface area (Å²) in [6.45, 7) is 5.81. The van der Waals surface area contributed by atoms with E-state index < -0.39 is 0 Å². The highest BCUT2D eigenvalue weighted by molar-refractivity contribution is 5.93. The summed E-state index contributed by atoms with van der Waals surface area (Å²) < 4.78 is 5.83. The molecule has 2 heterocycles. The lowest BCUT2D eigenvalue weighted by Crippen LogP contribution is -2.35. The van der Waals surface area contributed by atoms with Crippen molar-refractivity contribution in [2.75, 3.05) is 0 Å². The third kappa shape index (κ3) is 3.28. The second-order valence-corrected chi connectivity index (χ2v) is 7.49. The van der Waals surface area contributed by atoms with Crippen LogP contribution in [0.5, 0.6) is 0 Å². The molecule has 0 saturated heterocycles. The first kappa shape index (κ1) is 17.0. The Morgan fingerprint density at radius 3 is 2.62 bits per heavy atom. The van der Waals surface area contributed by atoms with Crippen LogP contribution in [0.25, 0.3) is 11.3 Å². The van der Waals surface area contributed by atoms with Gasteiger partial charge in [0.25, 0.3) is 0 Å². The van der Waals surface area contributed by atoms with E-state index in [0.29, 0.717) is 17.4 Å². The van der Waals surface area contributed by atoms with Gasteiger partial charge in [-0.2, -0.15) is 10.2 Å². The fourth-order valence-electron chi connectivity index (χ4n) is 4.13. The highest BCUT2D eigenvalue weighted by Crippen LogP contribution is 2.36. The summed E-state index contributed by atoms with van der Waals surface area (Å²) in [4.78, 5) is 12.6. The van der Waals surface area contributed by atoms with Crippen LogP contribution in [-0.2, 0) is 11.2 Å².